The maximum absolute atomic E-state index is 13.3. The van der Waals surface area contributed by atoms with Crippen LogP contribution in [0.4, 0.5) is 18.9 Å². The van der Waals surface area contributed by atoms with Crippen molar-refractivity contribution in [2.45, 2.75) is 19.3 Å². The Kier molecular flexibility index (Phi) is 7.67. The van der Waals surface area contributed by atoms with Crippen LogP contribution in [0.1, 0.15) is 21.6 Å². The molecule has 0 saturated carbocycles. The van der Waals surface area contributed by atoms with E-state index >= 15 is 0 Å². The molecular formula is C26H20ClF3N4O4. The van der Waals surface area contributed by atoms with Gasteiger partial charge in [-0.3, -0.25) is 14.6 Å². The number of pyridine rings is 1. The van der Waals surface area contributed by atoms with Gasteiger partial charge in [0.05, 0.1) is 6.54 Å². The number of fused-ring (bicyclic) bond motifs is 2. The number of carboxylic acid groups (broad SMARTS) is 1. The molecule has 0 fully saturated rings. The number of aromatic amines is 1. The van der Waals surface area contributed by atoms with E-state index in [0.29, 0.717) is 23.7 Å². The van der Waals surface area contributed by atoms with Gasteiger partial charge in [-0.2, -0.15) is 13.2 Å². The predicted octanol–water partition coefficient (Wildman–Crippen LogP) is 5.04. The zero-order chi connectivity index (χ0) is 27.4. The van der Waals surface area contributed by atoms with Crippen LogP contribution in [0.2, 0.25) is 5.02 Å². The van der Waals surface area contributed by atoms with Gasteiger partial charge in [0.1, 0.15) is 6.54 Å². The molecular weight excluding hydrogens is 525 g/mol. The van der Waals surface area contributed by atoms with Crippen LogP contribution in [0.5, 0.6) is 0 Å². The van der Waals surface area contributed by atoms with Crippen molar-refractivity contribution in [2.75, 3.05) is 11.4 Å². The van der Waals surface area contributed by atoms with Crippen LogP contribution in [0, 0.1) is 0 Å². The Labute approximate surface area is 219 Å². The van der Waals surface area contributed by atoms with E-state index in [1.54, 1.807) is 46.5 Å². The van der Waals surface area contributed by atoms with Crippen molar-refractivity contribution in [2.24, 2.45) is 0 Å². The SMILES string of the molecule is O=C(O)C(F)(F)F.O=C(c1ccc(Cl)cc1)N1CC(=O)N(Cc2cc3cnccc3[nH]2)c2ccccc2C1. The quantitative estimate of drug-likeness (QED) is 0.376. The van der Waals surface area contributed by atoms with Crippen LogP contribution in [0.15, 0.2) is 73.1 Å². The van der Waals surface area contributed by atoms with Gasteiger partial charge in [0.2, 0.25) is 5.91 Å². The number of anilines is 1. The summed E-state index contributed by atoms with van der Waals surface area (Å²) >= 11 is 5.95. The first kappa shape index (κ1) is 26.7. The van der Waals surface area contributed by atoms with Gasteiger partial charge in [-0.15, -0.1) is 0 Å². The number of hydrogen-bond acceptors (Lipinski definition) is 4. The first-order chi connectivity index (χ1) is 18.0. The summed E-state index contributed by atoms with van der Waals surface area (Å²) in [5, 5.41) is 8.68. The highest BCUT2D eigenvalue weighted by Crippen LogP contribution is 2.28. The number of para-hydroxylation sites is 1. The molecule has 0 atom stereocenters. The summed E-state index contributed by atoms with van der Waals surface area (Å²) in [6, 6.07) is 18.3. The van der Waals surface area contributed by atoms with E-state index in [-0.39, 0.29) is 18.4 Å². The van der Waals surface area contributed by atoms with Gasteiger partial charge < -0.3 is 19.9 Å². The van der Waals surface area contributed by atoms with Gasteiger partial charge in [0.25, 0.3) is 5.91 Å². The van der Waals surface area contributed by atoms with Crippen LogP contribution < -0.4 is 4.90 Å². The Bertz CT molecular complexity index is 1450. The zero-order valence-electron chi connectivity index (χ0n) is 19.6. The zero-order valence-corrected chi connectivity index (χ0v) is 20.3. The smallest absolute Gasteiger partial charge is 0.475 e. The Hall–Kier alpha value is -4.38. The van der Waals surface area contributed by atoms with Gasteiger partial charge >= 0.3 is 12.1 Å². The number of benzene rings is 2. The molecule has 0 saturated heterocycles. The number of rotatable bonds is 3. The van der Waals surface area contributed by atoms with E-state index in [1.807, 2.05) is 36.4 Å². The van der Waals surface area contributed by atoms with Crippen LogP contribution in [0.3, 0.4) is 0 Å². The Morgan fingerprint density at radius 1 is 1.05 bits per heavy atom. The van der Waals surface area contributed by atoms with E-state index in [0.717, 1.165) is 27.8 Å². The molecule has 12 heteroatoms. The number of hydrogen-bond donors (Lipinski definition) is 2. The lowest BCUT2D eigenvalue weighted by atomic mass is 10.1. The topological polar surface area (TPSA) is 107 Å². The molecule has 0 aliphatic carbocycles. The highest BCUT2D eigenvalue weighted by atomic mass is 35.5. The molecule has 0 unspecified atom stereocenters. The maximum atomic E-state index is 13.3. The number of nitrogens with zero attached hydrogens (tertiary/aromatic N) is 3. The fraction of sp³-hybridized carbons (Fsp3) is 0.154. The standard InChI is InChI=1S/C24H19ClN4O2.C2HF3O2/c25-19-7-5-16(6-8-19)24(31)28-13-17-3-1-2-4-22(17)29(23(30)15-28)14-20-11-18-12-26-10-9-21(18)27-20;3-2(4,5)1(6)7/h1-12,27H,13-15H2;(H,6,7). The summed E-state index contributed by atoms with van der Waals surface area (Å²) in [5.74, 6) is -3.09. The second-order valence-electron chi connectivity index (χ2n) is 8.34. The Balaban J connectivity index is 0.000000426. The molecule has 2 N–H and O–H groups in total. The minimum Gasteiger partial charge on any atom is -0.475 e. The number of aliphatic carboxylic acids is 1. The van der Waals surface area contributed by atoms with Crippen molar-refractivity contribution in [3.63, 3.8) is 0 Å². The molecule has 2 amide bonds. The van der Waals surface area contributed by atoms with Crippen LogP contribution in [-0.4, -0.2) is 50.5 Å². The highest BCUT2D eigenvalue weighted by Gasteiger charge is 2.38. The number of halogens is 4. The largest absolute Gasteiger partial charge is 0.490 e. The highest BCUT2D eigenvalue weighted by molar-refractivity contribution is 6.30. The third-order valence-corrected chi connectivity index (χ3v) is 5.95. The van der Waals surface area contributed by atoms with E-state index in [4.69, 9.17) is 21.5 Å². The lowest BCUT2D eigenvalue weighted by Crippen LogP contribution is -2.39. The van der Waals surface area contributed by atoms with Crippen molar-refractivity contribution in [3.8, 4) is 0 Å². The third-order valence-electron chi connectivity index (χ3n) is 5.70. The number of nitrogens with one attached hydrogen (secondary N) is 1. The lowest BCUT2D eigenvalue weighted by Gasteiger charge is -2.22. The molecule has 1 aliphatic heterocycles. The number of alkyl halides is 3. The second-order valence-corrected chi connectivity index (χ2v) is 8.77. The van der Waals surface area contributed by atoms with E-state index in [9.17, 15) is 22.8 Å². The normalized spacial score (nSPS) is 13.4. The molecule has 38 heavy (non-hydrogen) atoms. The fourth-order valence-electron chi connectivity index (χ4n) is 3.93. The fourth-order valence-corrected chi connectivity index (χ4v) is 4.06. The van der Waals surface area contributed by atoms with Gasteiger partial charge in [0, 0.05) is 51.8 Å². The summed E-state index contributed by atoms with van der Waals surface area (Å²) in [5.41, 5.74) is 4.12. The van der Waals surface area contributed by atoms with Crippen molar-refractivity contribution in [1.82, 2.24) is 14.9 Å². The minimum atomic E-state index is -5.08. The van der Waals surface area contributed by atoms with Gasteiger partial charge in [-0.25, -0.2) is 4.79 Å². The predicted molar refractivity (Wildman–Crippen MR) is 134 cm³/mol. The van der Waals surface area contributed by atoms with Crippen molar-refractivity contribution in [1.29, 1.82) is 0 Å². The molecule has 4 aromatic rings. The molecule has 0 radical (unpaired) electrons. The maximum Gasteiger partial charge on any atom is 0.490 e. The molecule has 3 heterocycles. The van der Waals surface area contributed by atoms with Crippen LogP contribution in [-0.2, 0) is 22.7 Å². The number of carboxylic acids is 1. The number of carbonyl (C=O) groups excluding carboxylic acids is 2. The average molecular weight is 545 g/mol. The summed E-state index contributed by atoms with van der Waals surface area (Å²) in [6.07, 6.45) is -1.56. The number of carbonyl (C=O) groups is 3. The van der Waals surface area contributed by atoms with Crippen molar-refractivity contribution < 1.29 is 32.7 Å². The van der Waals surface area contributed by atoms with Gasteiger partial charge in [-0.05, 0) is 48.0 Å². The third kappa shape index (κ3) is 6.12. The molecule has 5 rings (SSSR count). The first-order valence-corrected chi connectivity index (χ1v) is 11.6. The number of amides is 2. The second kappa shape index (κ2) is 10.9. The van der Waals surface area contributed by atoms with Gasteiger partial charge in [-0.1, -0.05) is 29.8 Å². The lowest BCUT2D eigenvalue weighted by molar-refractivity contribution is -0.192. The minimum absolute atomic E-state index is 0.00206. The number of H-pyrrole nitrogens is 1. The molecule has 2 aromatic carbocycles. The Morgan fingerprint density at radius 2 is 1.74 bits per heavy atom. The molecule has 196 valence electrons. The molecule has 8 nitrogen and oxygen atoms in total. The van der Waals surface area contributed by atoms with Crippen LogP contribution >= 0.6 is 11.6 Å². The summed E-state index contributed by atoms with van der Waals surface area (Å²) in [6.45, 7) is 0.738. The van der Waals surface area contributed by atoms with Crippen molar-refractivity contribution >= 4 is 46.0 Å². The van der Waals surface area contributed by atoms with Crippen molar-refractivity contribution in [3.05, 3.63) is 94.9 Å². The summed E-state index contributed by atoms with van der Waals surface area (Å²) in [4.78, 5) is 46.1. The van der Waals surface area contributed by atoms with E-state index in [1.165, 1.54) is 0 Å². The molecule has 2 aromatic heterocycles. The van der Waals surface area contributed by atoms with Crippen LogP contribution in [0.25, 0.3) is 10.9 Å². The van der Waals surface area contributed by atoms with E-state index in [2.05, 4.69) is 9.97 Å². The molecule has 1 aliphatic rings. The van der Waals surface area contributed by atoms with E-state index < -0.39 is 12.1 Å². The molecule has 0 bridgehead atoms. The Morgan fingerprint density at radius 3 is 2.39 bits per heavy atom. The summed E-state index contributed by atoms with van der Waals surface area (Å²) in [7, 11) is 0. The average Bonchev–Trinajstić information content (AvgIpc) is 3.23. The van der Waals surface area contributed by atoms with Gasteiger partial charge in [0.15, 0.2) is 0 Å². The summed E-state index contributed by atoms with van der Waals surface area (Å²) < 4.78 is 31.7. The number of aromatic nitrogens is 2. The first-order valence-electron chi connectivity index (χ1n) is 11.2. The molecule has 0 spiro atoms. The monoisotopic (exact) mass is 544 g/mol.